The number of nitro benzene ring substituents is 1. The Hall–Kier alpha value is -3.13. The number of hydrogen-bond acceptors (Lipinski definition) is 6. The van der Waals surface area contributed by atoms with Crippen molar-refractivity contribution >= 4 is 34.9 Å². The minimum Gasteiger partial charge on any atom is -0.497 e. The number of carbonyl (C=O) groups is 2. The first-order valence-electron chi connectivity index (χ1n) is 7.41. The standard InChI is InChI=1S/C17H15ClN2O6/c1-10(16(21)19-11-3-6-13(25-2)7-4-11)26-17(22)14-9-12(20(23)24)5-8-15(14)18/h3-10H,1-2H3,(H,19,21). The van der Waals surface area contributed by atoms with Crippen molar-refractivity contribution in [2.45, 2.75) is 13.0 Å². The average Bonchev–Trinajstić information content (AvgIpc) is 2.62. The van der Waals surface area contributed by atoms with E-state index < -0.39 is 22.9 Å². The summed E-state index contributed by atoms with van der Waals surface area (Å²) in [5.74, 6) is -0.871. The molecule has 0 aliphatic rings. The van der Waals surface area contributed by atoms with Crippen LogP contribution in [0, 0.1) is 10.1 Å². The number of nitrogens with one attached hydrogen (secondary N) is 1. The maximum atomic E-state index is 12.2. The molecule has 0 saturated heterocycles. The topological polar surface area (TPSA) is 108 Å². The molecule has 0 aromatic heterocycles. The van der Waals surface area contributed by atoms with Crippen LogP contribution in [0.4, 0.5) is 11.4 Å². The highest BCUT2D eigenvalue weighted by Gasteiger charge is 2.22. The van der Waals surface area contributed by atoms with Gasteiger partial charge in [-0.05, 0) is 37.3 Å². The molecule has 2 aromatic rings. The molecule has 1 amide bonds. The molecule has 136 valence electrons. The number of carbonyl (C=O) groups excluding carboxylic acids is 2. The molecule has 9 heteroatoms. The second kappa shape index (κ2) is 8.30. The van der Waals surface area contributed by atoms with E-state index in [4.69, 9.17) is 21.1 Å². The van der Waals surface area contributed by atoms with E-state index in [1.165, 1.54) is 26.2 Å². The van der Waals surface area contributed by atoms with Crippen molar-refractivity contribution in [2.24, 2.45) is 0 Å². The molecule has 2 rings (SSSR count). The van der Waals surface area contributed by atoms with Crippen molar-refractivity contribution < 1.29 is 24.0 Å². The first-order chi connectivity index (χ1) is 12.3. The van der Waals surface area contributed by atoms with Gasteiger partial charge in [0, 0.05) is 17.8 Å². The van der Waals surface area contributed by atoms with Gasteiger partial charge in [-0.15, -0.1) is 0 Å². The predicted molar refractivity (Wildman–Crippen MR) is 94.6 cm³/mol. The van der Waals surface area contributed by atoms with Crippen molar-refractivity contribution in [2.75, 3.05) is 12.4 Å². The van der Waals surface area contributed by atoms with E-state index >= 15 is 0 Å². The van der Waals surface area contributed by atoms with Crippen molar-refractivity contribution in [3.63, 3.8) is 0 Å². The molecule has 0 fully saturated rings. The molecule has 0 radical (unpaired) electrons. The molecule has 0 aliphatic heterocycles. The van der Waals surface area contributed by atoms with Crippen molar-refractivity contribution in [1.82, 2.24) is 0 Å². The normalized spacial score (nSPS) is 11.3. The Morgan fingerprint density at radius 1 is 1.19 bits per heavy atom. The highest BCUT2D eigenvalue weighted by Crippen LogP contribution is 2.23. The second-order valence-corrected chi connectivity index (χ2v) is 5.59. The van der Waals surface area contributed by atoms with Crippen LogP contribution in [0.5, 0.6) is 5.75 Å². The monoisotopic (exact) mass is 378 g/mol. The lowest BCUT2D eigenvalue weighted by Crippen LogP contribution is -2.30. The van der Waals surface area contributed by atoms with E-state index in [1.807, 2.05) is 0 Å². The van der Waals surface area contributed by atoms with E-state index in [0.717, 1.165) is 6.07 Å². The number of halogens is 1. The summed E-state index contributed by atoms with van der Waals surface area (Å²) in [6.07, 6.45) is -1.14. The summed E-state index contributed by atoms with van der Waals surface area (Å²) < 4.78 is 10.1. The quantitative estimate of drug-likeness (QED) is 0.468. The second-order valence-electron chi connectivity index (χ2n) is 5.19. The van der Waals surface area contributed by atoms with E-state index in [-0.39, 0.29) is 16.3 Å². The van der Waals surface area contributed by atoms with Crippen molar-refractivity contribution in [3.8, 4) is 5.75 Å². The van der Waals surface area contributed by atoms with Gasteiger partial charge in [-0.2, -0.15) is 0 Å². The fraction of sp³-hybridized carbons (Fsp3) is 0.176. The van der Waals surface area contributed by atoms with Crippen LogP contribution in [-0.4, -0.2) is 30.0 Å². The Bertz CT molecular complexity index is 838. The third-order valence-electron chi connectivity index (χ3n) is 3.39. The zero-order valence-electron chi connectivity index (χ0n) is 13.9. The van der Waals surface area contributed by atoms with E-state index in [2.05, 4.69) is 5.32 Å². The molecular formula is C17H15ClN2O6. The lowest BCUT2D eigenvalue weighted by molar-refractivity contribution is -0.384. The van der Waals surface area contributed by atoms with Crippen LogP contribution in [0.3, 0.4) is 0 Å². The van der Waals surface area contributed by atoms with Crippen LogP contribution < -0.4 is 10.1 Å². The number of amides is 1. The van der Waals surface area contributed by atoms with Gasteiger partial charge in [-0.1, -0.05) is 11.6 Å². The maximum Gasteiger partial charge on any atom is 0.340 e. The Morgan fingerprint density at radius 2 is 1.85 bits per heavy atom. The molecule has 0 aliphatic carbocycles. The Balaban J connectivity index is 2.04. The minimum absolute atomic E-state index is 0.0108. The largest absolute Gasteiger partial charge is 0.497 e. The Labute approximate surface area is 153 Å². The molecule has 1 unspecified atom stereocenters. The SMILES string of the molecule is COc1ccc(NC(=O)C(C)OC(=O)c2cc([N+](=O)[O-])ccc2Cl)cc1. The van der Waals surface area contributed by atoms with Gasteiger partial charge >= 0.3 is 5.97 Å². The molecule has 0 heterocycles. The smallest absolute Gasteiger partial charge is 0.340 e. The fourth-order valence-electron chi connectivity index (χ4n) is 1.98. The first kappa shape index (κ1) is 19.2. The zero-order chi connectivity index (χ0) is 19.3. The van der Waals surface area contributed by atoms with Gasteiger partial charge in [0.1, 0.15) is 5.75 Å². The highest BCUT2D eigenvalue weighted by atomic mass is 35.5. The van der Waals surface area contributed by atoms with Gasteiger partial charge in [0.05, 0.1) is 22.6 Å². The molecule has 0 bridgehead atoms. The number of benzene rings is 2. The Morgan fingerprint density at radius 3 is 2.42 bits per heavy atom. The summed E-state index contributed by atoms with van der Waals surface area (Å²) >= 11 is 5.88. The molecule has 26 heavy (non-hydrogen) atoms. The van der Waals surface area contributed by atoms with Gasteiger partial charge in [0.25, 0.3) is 11.6 Å². The molecule has 8 nitrogen and oxygen atoms in total. The fourth-order valence-corrected chi connectivity index (χ4v) is 2.17. The molecule has 2 aromatic carbocycles. The Kier molecular flexibility index (Phi) is 6.13. The molecule has 0 saturated carbocycles. The number of anilines is 1. The van der Waals surface area contributed by atoms with Crippen LogP contribution in [0.1, 0.15) is 17.3 Å². The van der Waals surface area contributed by atoms with E-state index in [9.17, 15) is 19.7 Å². The summed E-state index contributed by atoms with van der Waals surface area (Å²) in [6, 6.07) is 9.96. The number of methoxy groups -OCH3 is 1. The molecule has 1 N–H and O–H groups in total. The van der Waals surface area contributed by atoms with Crippen LogP contribution in [0.2, 0.25) is 5.02 Å². The third kappa shape index (κ3) is 4.70. The van der Waals surface area contributed by atoms with Gasteiger partial charge in [-0.25, -0.2) is 4.79 Å². The van der Waals surface area contributed by atoms with Gasteiger partial charge in [-0.3, -0.25) is 14.9 Å². The van der Waals surface area contributed by atoms with Gasteiger partial charge < -0.3 is 14.8 Å². The average molecular weight is 379 g/mol. The predicted octanol–water partition coefficient (Wildman–Crippen LogP) is 3.44. The van der Waals surface area contributed by atoms with E-state index in [0.29, 0.717) is 11.4 Å². The molecule has 0 spiro atoms. The van der Waals surface area contributed by atoms with Crippen LogP contribution in [0.25, 0.3) is 0 Å². The summed E-state index contributed by atoms with van der Waals surface area (Å²) in [5, 5.41) is 13.4. The maximum absolute atomic E-state index is 12.2. The van der Waals surface area contributed by atoms with E-state index in [1.54, 1.807) is 24.3 Å². The number of rotatable bonds is 6. The summed E-state index contributed by atoms with van der Waals surface area (Å²) in [6.45, 7) is 1.38. The number of nitrogens with zero attached hydrogens (tertiary/aromatic N) is 1. The minimum atomic E-state index is -1.14. The van der Waals surface area contributed by atoms with Crippen LogP contribution >= 0.6 is 11.6 Å². The summed E-state index contributed by atoms with van der Waals surface area (Å²) in [5.41, 5.74) is -0.00580. The number of non-ortho nitro benzene ring substituents is 1. The van der Waals surface area contributed by atoms with Gasteiger partial charge in [0.15, 0.2) is 6.10 Å². The number of esters is 1. The number of hydrogen-bond donors (Lipinski definition) is 1. The van der Waals surface area contributed by atoms with Gasteiger partial charge in [0.2, 0.25) is 0 Å². The molecular weight excluding hydrogens is 364 g/mol. The summed E-state index contributed by atoms with van der Waals surface area (Å²) in [4.78, 5) is 34.4. The number of ether oxygens (including phenoxy) is 2. The lowest BCUT2D eigenvalue weighted by atomic mass is 10.2. The first-order valence-corrected chi connectivity index (χ1v) is 7.79. The zero-order valence-corrected chi connectivity index (χ0v) is 14.6. The lowest BCUT2D eigenvalue weighted by Gasteiger charge is -2.14. The highest BCUT2D eigenvalue weighted by molar-refractivity contribution is 6.33. The summed E-state index contributed by atoms with van der Waals surface area (Å²) in [7, 11) is 1.52. The third-order valence-corrected chi connectivity index (χ3v) is 3.72. The van der Waals surface area contributed by atoms with Crippen LogP contribution in [-0.2, 0) is 9.53 Å². The molecule has 1 atom stereocenters. The van der Waals surface area contributed by atoms with Crippen LogP contribution in [0.15, 0.2) is 42.5 Å². The van der Waals surface area contributed by atoms with Crippen molar-refractivity contribution in [1.29, 1.82) is 0 Å². The van der Waals surface area contributed by atoms with Crippen molar-refractivity contribution in [3.05, 3.63) is 63.2 Å². The number of nitro groups is 1.